The highest BCUT2D eigenvalue weighted by Crippen LogP contribution is 2.18. The molecule has 1 N–H and O–H groups in total. The Morgan fingerprint density at radius 2 is 2.00 bits per heavy atom. The minimum absolute atomic E-state index is 0.129. The topological polar surface area (TPSA) is 42.6 Å². The van der Waals surface area contributed by atoms with Crippen LogP contribution in [0, 0.1) is 12.7 Å². The van der Waals surface area contributed by atoms with Gasteiger partial charge in [-0.2, -0.15) is 0 Å². The fraction of sp³-hybridized carbons (Fsp3) is 0.231. The summed E-state index contributed by atoms with van der Waals surface area (Å²) >= 11 is 0. The summed E-state index contributed by atoms with van der Waals surface area (Å²) in [4.78, 5) is 0. The van der Waals surface area contributed by atoms with Crippen molar-refractivity contribution in [3.8, 4) is 5.75 Å². The Hall–Kier alpha value is -1.81. The van der Waals surface area contributed by atoms with Crippen LogP contribution in [0.5, 0.6) is 5.75 Å². The summed E-state index contributed by atoms with van der Waals surface area (Å²) in [6.07, 6.45) is 0. The van der Waals surface area contributed by atoms with Crippen molar-refractivity contribution in [1.29, 1.82) is 0 Å². The van der Waals surface area contributed by atoms with Crippen LogP contribution in [-0.4, -0.2) is 5.11 Å². The molecule has 0 spiro atoms. The number of furan rings is 1. The van der Waals surface area contributed by atoms with Gasteiger partial charge in [-0.05, 0) is 42.8 Å². The van der Waals surface area contributed by atoms with Crippen LogP contribution < -0.4 is 4.74 Å². The first-order chi connectivity index (χ1) is 8.19. The predicted octanol–water partition coefficient (Wildman–Crippen LogP) is 2.80. The lowest BCUT2D eigenvalue weighted by molar-refractivity contribution is 0.224. The second kappa shape index (κ2) is 5.01. The van der Waals surface area contributed by atoms with E-state index in [4.69, 9.17) is 14.3 Å². The molecule has 0 radical (unpaired) electrons. The second-order valence-corrected chi connectivity index (χ2v) is 3.73. The fourth-order valence-corrected chi connectivity index (χ4v) is 1.45. The van der Waals surface area contributed by atoms with Crippen LogP contribution in [0.3, 0.4) is 0 Å². The summed E-state index contributed by atoms with van der Waals surface area (Å²) in [6.45, 7) is 1.81. The minimum atomic E-state index is -0.252. The van der Waals surface area contributed by atoms with Gasteiger partial charge in [0.05, 0.1) is 0 Å². The Kier molecular flexibility index (Phi) is 3.44. The monoisotopic (exact) mass is 236 g/mol. The van der Waals surface area contributed by atoms with Gasteiger partial charge in [-0.3, -0.25) is 0 Å². The Morgan fingerprint density at radius 1 is 1.24 bits per heavy atom. The van der Waals surface area contributed by atoms with E-state index in [0.29, 0.717) is 22.8 Å². The average molecular weight is 236 g/mol. The number of benzene rings is 1. The van der Waals surface area contributed by atoms with Gasteiger partial charge in [-0.15, -0.1) is 0 Å². The van der Waals surface area contributed by atoms with Gasteiger partial charge in [-0.1, -0.05) is 0 Å². The van der Waals surface area contributed by atoms with E-state index < -0.39 is 0 Å². The molecule has 0 saturated heterocycles. The highest BCUT2D eigenvalue weighted by atomic mass is 19.1. The van der Waals surface area contributed by atoms with Crippen molar-refractivity contribution < 1.29 is 18.7 Å². The fourth-order valence-electron chi connectivity index (χ4n) is 1.45. The van der Waals surface area contributed by atoms with Crippen LogP contribution in [0.2, 0.25) is 0 Å². The minimum Gasteiger partial charge on any atom is -0.486 e. The van der Waals surface area contributed by atoms with Gasteiger partial charge in [0, 0.05) is 0 Å². The standard InChI is InChI=1S/C13H13FO3/c1-9-6-10(4-5-13(9)14)16-8-12-3-2-11(7-15)17-12/h2-6,15H,7-8H2,1H3. The van der Waals surface area contributed by atoms with Gasteiger partial charge < -0.3 is 14.3 Å². The summed E-state index contributed by atoms with van der Waals surface area (Å²) < 4.78 is 23.7. The normalized spacial score (nSPS) is 10.5. The number of aliphatic hydroxyl groups is 1. The van der Waals surface area contributed by atoms with E-state index in [1.165, 1.54) is 6.07 Å². The number of rotatable bonds is 4. The molecule has 3 nitrogen and oxygen atoms in total. The lowest BCUT2D eigenvalue weighted by Crippen LogP contribution is -1.94. The van der Waals surface area contributed by atoms with Crippen molar-refractivity contribution >= 4 is 0 Å². The average Bonchev–Trinajstić information content (AvgIpc) is 2.79. The molecule has 0 unspecified atom stereocenters. The van der Waals surface area contributed by atoms with Crippen LogP contribution in [0.1, 0.15) is 17.1 Å². The van der Waals surface area contributed by atoms with Crippen molar-refractivity contribution in [2.75, 3.05) is 0 Å². The lowest BCUT2D eigenvalue weighted by atomic mass is 10.2. The third-order valence-corrected chi connectivity index (χ3v) is 2.38. The number of aryl methyl sites for hydroxylation is 1. The van der Waals surface area contributed by atoms with Crippen molar-refractivity contribution in [3.63, 3.8) is 0 Å². The molecule has 4 heteroatoms. The zero-order chi connectivity index (χ0) is 12.3. The molecule has 17 heavy (non-hydrogen) atoms. The molecule has 0 atom stereocenters. The molecule has 0 bridgehead atoms. The molecule has 1 heterocycles. The smallest absolute Gasteiger partial charge is 0.146 e. The van der Waals surface area contributed by atoms with Gasteiger partial charge in [0.2, 0.25) is 0 Å². The van der Waals surface area contributed by atoms with Gasteiger partial charge in [-0.25, -0.2) is 4.39 Å². The summed E-state index contributed by atoms with van der Waals surface area (Å²) in [5.41, 5.74) is 0.540. The van der Waals surface area contributed by atoms with Crippen LogP contribution >= 0.6 is 0 Å². The first-order valence-electron chi connectivity index (χ1n) is 5.26. The number of halogens is 1. The number of hydrogen-bond acceptors (Lipinski definition) is 3. The number of ether oxygens (including phenoxy) is 1. The van der Waals surface area contributed by atoms with Crippen molar-refractivity contribution in [2.45, 2.75) is 20.1 Å². The first kappa shape index (κ1) is 11.7. The molecule has 1 aromatic heterocycles. The highest BCUT2D eigenvalue weighted by molar-refractivity contribution is 5.28. The maximum Gasteiger partial charge on any atom is 0.146 e. The van der Waals surface area contributed by atoms with E-state index in [-0.39, 0.29) is 19.0 Å². The Bertz CT molecular complexity index is 505. The zero-order valence-electron chi connectivity index (χ0n) is 9.44. The lowest BCUT2D eigenvalue weighted by Gasteiger charge is -2.05. The van der Waals surface area contributed by atoms with E-state index in [1.807, 2.05) is 0 Å². The Balaban J connectivity index is 1.99. The molecule has 2 rings (SSSR count). The molecule has 1 aromatic carbocycles. The Morgan fingerprint density at radius 3 is 2.65 bits per heavy atom. The van der Waals surface area contributed by atoms with E-state index in [0.717, 1.165) is 0 Å². The molecular formula is C13H13FO3. The van der Waals surface area contributed by atoms with Crippen LogP contribution in [-0.2, 0) is 13.2 Å². The largest absolute Gasteiger partial charge is 0.486 e. The SMILES string of the molecule is Cc1cc(OCc2ccc(CO)o2)ccc1F. The van der Waals surface area contributed by atoms with E-state index in [9.17, 15) is 4.39 Å². The van der Waals surface area contributed by atoms with Gasteiger partial charge >= 0.3 is 0 Å². The van der Waals surface area contributed by atoms with Crippen LogP contribution in [0.4, 0.5) is 4.39 Å². The molecule has 90 valence electrons. The van der Waals surface area contributed by atoms with Crippen molar-refractivity contribution in [1.82, 2.24) is 0 Å². The maximum atomic E-state index is 13.0. The molecule has 2 aromatic rings. The van der Waals surface area contributed by atoms with Crippen LogP contribution in [0.15, 0.2) is 34.7 Å². The molecule has 0 saturated carbocycles. The number of hydrogen-bond donors (Lipinski definition) is 1. The third kappa shape index (κ3) is 2.85. The summed E-state index contributed by atoms with van der Waals surface area (Å²) in [5, 5.41) is 8.83. The van der Waals surface area contributed by atoms with Gasteiger partial charge in [0.1, 0.15) is 36.3 Å². The second-order valence-electron chi connectivity index (χ2n) is 3.73. The molecule has 0 aliphatic heterocycles. The molecule has 0 amide bonds. The molecular weight excluding hydrogens is 223 g/mol. The molecule has 0 aliphatic rings. The number of aliphatic hydroxyl groups excluding tert-OH is 1. The quantitative estimate of drug-likeness (QED) is 0.887. The Labute approximate surface area is 98.5 Å². The van der Waals surface area contributed by atoms with Crippen LogP contribution in [0.25, 0.3) is 0 Å². The van der Waals surface area contributed by atoms with E-state index in [1.54, 1.807) is 31.2 Å². The summed E-state index contributed by atoms with van der Waals surface area (Å²) in [7, 11) is 0. The van der Waals surface area contributed by atoms with Crippen molar-refractivity contribution in [3.05, 3.63) is 53.2 Å². The van der Waals surface area contributed by atoms with E-state index in [2.05, 4.69) is 0 Å². The molecule has 0 aliphatic carbocycles. The van der Waals surface area contributed by atoms with E-state index >= 15 is 0 Å². The maximum absolute atomic E-state index is 13.0. The first-order valence-corrected chi connectivity index (χ1v) is 5.26. The van der Waals surface area contributed by atoms with Crippen molar-refractivity contribution in [2.24, 2.45) is 0 Å². The molecule has 0 fully saturated rings. The zero-order valence-corrected chi connectivity index (χ0v) is 9.44. The summed E-state index contributed by atoms with van der Waals surface area (Å²) in [5.74, 6) is 1.46. The predicted molar refractivity (Wildman–Crippen MR) is 60.1 cm³/mol. The van der Waals surface area contributed by atoms with Gasteiger partial charge in [0.25, 0.3) is 0 Å². The van der Waals surface area contributed by atoms with Gasteiger partial charge in [0.15, 0.2) is 0 Å². The third-order valence-electron chi connectivity index (χ3n) is 2.38. The summed E-state index contributed by atoms with van der Waals surface area (Å²) in [6, 6.07) is 7.99. The highest BCUT2D eigenvalue weighted by Gasteiger charge is 2.03.